The molecule has 1 unspecified atom stereocenters. The molecule has 0 aromatic heterocycles. The summed E-state index contributed by atoms with van der Waals surface area (Å²) in [5.74, 6) is 1.55. The van der Waals surface area contributed by atoms with Crippen LogP contribution in [0.4, 0.5) is 0 Å². The van der Waals surface area contributed by atoms with Crippen molar-refractivity contribution in [3.63, 3.8) is 0 Å². The minimum atomic E-state index is -0.635. The van der Waals surface area contributed by atoms with Gasteiger partial charge in [0.2, 0.25) is 0 Å². The first kappa shape index (κ1) is 22.5. The maximum absolute atomic E-state index is 10.4. The molecule has 1 aliphatic heterocycles. The lowest BCUT2D eigenvalue weighted by atomic mass is 10.1. The first-order valence-corrected chi connectivity index (χ1v) is 10.2. The van der Waals surface area contributed by atoms with E-state index in [0.29, 0.717) is 12.6 Å². The van der Waals surface area contributed by atoms with Crippen molar-refractivity contribution in [1.82, 2.24) is 15.5 Å². The molecule has 0 aliphatic carbocycles. The number of aliphatic imine (C=N–C) groups is 1. The fourth-order valence-corrected chi connectivity index (χ4v) is 3.36. The monoisotopic (exact) mass is 392 g/mol. The number of rotatable bonds is 10. The molecule has 0 saturated carbocycles. The van der Waals surface area contributed by atoms with Gasteiger partial charge in [-0.1, -0.05) is 12.1 Å². The largest absolute Gasteiger partial charge is 0.497 e. The van der Waals surface area contributed by atoms with E-state index in [4.69, 9.17) is 9.47 Å². The van der Waals surface area contributed by atoms with Crippen molar-refractivity contribution in [2.45, 2.75) is 38.3 Å². The summed E-state index contributed by atoms with van der Waals surface area (Å²) < 4.78 is 10.3. The molecule has 158 valence electrons. The number of hydrogen-bond acceptors (Lipinski definition) is 5. The van der Waals surface area contributed by atoms with Crippen LogP contribution in [0.25, 0.3) is 0 Å². The van der Waals surface area contributed by atoms with Gasteiger partial charge in [-0.05, 0) is 43.9 Å². The Labute approximate surface area is 169 Å². The molecule has 7 heteroatoms. The van der Waals surface area contributed by atoms with Gasteiger partial charge in [-0.15, -0.1) is 0 Å². The van der Waals surface area contributed by atoms with Gasteiger partial charge in [-0.2, -0.15) is 0 Å². The van der Waals surface area contributed by atoms with E-state index in [1.165, 1.54) is 0 Å². The summed E-state index contributed by atoms with van der Waals surface area (Å²) in [5, 5.41) is 17.2. The highest BCUT2D eigenvalue weighted by Crippen LogP contribution is 2.18. The van der Waals surface area contributed by atoms with Gasteiger partial charge in [0.05, 0.1) is 19.8 Å². The van der Waals surface area contributed by atoms with Crippen molar-refractivity contribution >= 4 is 5.96 Å². The van der Waals surface area contributed by atoms with E-state index in [2.05, 4.69) is 27.4 Å². The Bertz CT molecular complexity index is 572. The number of nitrogens with zero attached hydrogens (tertiary/aromatic N) is 2. The molecule has 1 heterocycles. The summed E-state index contributed by atoms with van der Waals surface area (Å²) in [6.45, 7) is 7.27. The summed E-state index contributed by atoms with van der Waals surface area (Å²) in [4.78, 5) is 7.08. The quantitative estimate of drug-likeness (QED) is 0.320. The van der Waals surface area contributed by atoms with Crippen LogP contribution in [0.3, 0.4) is 0 Å². The Kier molecular flexibility index (Phi) is 10.1. The third-order valence-corrected chi connectivity index (χ3v) is 5.02. The zero-order chi connectivity index (χ0) is 20.2. The van der Waals surface area contributed by atoms with Crippen molar-refractivity contribution in [2.75, 3.05) is 53.6 Å². The molecule has 28 heavy (non-hydrogen) atoms. The second kappa shape index (κ2) is 12.6. The lowest BCUT2D eigenvalue weighted by molar-refractivity contribution is 0.155. The molecule has 1 atom stereocenters. The van der Waals surface area contributed by atoms with Gasteiger partial charge < -0.3 is 30.1 Å². The number of aliphatic hydroxyl groups excluding tert-OH is 1. The zero-order valence-corrected chi connectivity index (χ0v) is 17.5. The van der Waals surface area contributed by atoms with Crippen molar-refractivity contribution < 1.29 is 14.6 Å². The number of nitrogens with one attached hydrogen (secondary N) is 2. The second-order valence-electron chi connectivity index (χ2n) is 7.12. The first-order chi connectivity index (χ1) is 13.7. The van der Waals surface area contributed by atoms with Gasteiger partial charge in [0.1, 0.15) is 5.75 Å². The van der Waals surface area contributed by atoms with Crippen LogP contribution in [0.5, 0.6) is 5.75 Å². The fraction of sp³-hybridized carbons (Fsp3) is 0.667. The molecule has 0 spiro atoms. The third kappa shape index (κ3) is 7.66. The molecule has 0 bridgehead atoms. The maximum atomic E-state index is 10.4. The van der Waals surface area contributed by atoms with Crippen molar-refractivity contribution in [1.29, 1.82) is 0 Å². The molecular weight excluding hydrogens is 356 g/mol. The molecule has 0 amide bonds. The van der Waals surface area contributed by atoms with Crippen LogP contribution < -0.4 is 15.4 Å². The molecule has 7 nitrogen and oxygen atoms in total. The van der Waals surface area contributed by atoms with Gasteiger partial charge in [-0.3, -0.25) is 4.99 Å². The van der Waals surface area contributed by atoms with Gasteiger partial charge >= 0.3 is 0 Å². The van der Waals surface area contributed by atoms with Gasteiger partial charge in [0.25, 0.3) is 0 Å². The number of hydrogen-bond donors (Lipinski definition) is 3. The van der Waals surface area contributed by atoms with E-state index in [-0.39, 0.29) is 0 Å². The smallest absolute Gasteiger partial charge is 0.191 e. The van der Waals surface area contributed by atoms with Crippen LogP contribution in [0.2, 0.25) is 0 Å². The summed E-state index contributed by atoms with van der Waals surface area (Å²) in [6, 6.07) is 7.87. The number of benzene rings is 1. The second-order valence-corrected chi connectivity index (χ2v) is 7.12. The van der Waals surface area contributed by atoms with E-state index in [1.54, 1.807) is 14.2 Å². The number of aliphatic hydroxyl groups is 1. The zero-order valence-electron chi connectivity index (χ0n) is 17.5. The van der Waals surface area contributed by atoms with Crippen LogP contribution in [-0.2, 0) is 4.74 Å². The predicted molar refractivity (Wildman–Crippen MR) is 113 cm³/mol. The van der Waals surface area contributed by atoms with Gasteiger partial charge in [-0.25, -0.2) is 0 Å². The molecular formula is C21H36N4O3. The molecule has 2 rings (SSSR count). The van der Waals surface area contributed by atoms with E-state index in [9.17, 15) is 5.11 Å². The Morgan fingerprint density at radius 1 is 1.25 bits per heavy atom. The van der Waals surface area contributed by atoms with E-state index in [0.717, 1.165) is 69.3 Å². The highest BCUT2D eigenvalue weighted by molar-refractivity contribution is 5.80. The van der Waals surface area contributed by atoms with Crippen molar-refractivity contribution in [3.05, 3.63) is 29.8 Å². The van der Waals surface area contributed by atoms with E-state index >= 15 is 0 Å². The van der Waals surface area contributed by atoms with Crippen molar-refractivity contribution in [2.24, 2.45) is 4.99 Å². The van der Waals surface area contributed by atoms with Crippen LogP contribution in [0.15, 0.2) is 29.3 Å². The number of guanidine groups is 1. The van der Waals surface area contributed by atoms with Crippen molar-refractivity contribution in [3.8, 4) is 5.75 Å². The molecule has 1 aromatic rings. The lowest BCUT2D eigenvalue weighted by Crippen LogP contribution is -2.49. The van der Waals surface area contributed by atoms with Crippen LogP contribution in [-0.4, -0.2) is 75.6 Å². The SMILES string of the molecule is CCNC(=NCC(O)c1ccc(OC)cc1)NC1CCN(CCCOC)CC1. The third-order valence-electron chi connectivity index (χ3n) is 5.02. The minimum Gasteiger partial charge on any atom is -0.497 e. The number of piperidine rings is 1. The van der Waals surface area contributed by atoms with Gasteiger partial charge in [0, 0.05) is 45.9 Å². The Morgan fingerprint density at radius 2 is 1.96 bits per heavy atom. The number of ether oxygens (including phenoxy) is 2. The van der Waals surface area contributed by atoms with Crippen LogP contribution in [0.1, 0.15) is 37.9 Å². The number of likely N-dealkylation sites (tertiary alicyclic amines) is 1. The molecule has 3 N–H and O–H groups in total. The molecule has 1 aliphatic rings. The van der Waals surface area contributed by atoms with E-state index in [1.807, 2.05) is 24.3 Å². The summed E-state index contributed by atoms with van der Waals surface area (Å²) in [6.07, 6.45) is 2.64. The summed E-state index contributed by atoms with van der Waals surface area (Å²) >= 11 is 0. The molecule has 1 saturated heterocycles. The Balaban J connectivity index is 1.81. The first-order valence-electron chi connectivity index (χ1n) is 10.2. The van der Waals surface area contributed by atoms with Crippen LogP contribution >= 0.6 is 0 Å². The average Bonchev–Trinajstić information content (AvgIpc) is 2.73. The summed E-state index contributed by atoms with van der Waals surface area (Å²) in [7, 11) is 3.39. The topological polar surface area (TPSA) is 78.4 Å². The molecule has 1 fully saturated rings. The lowest BCUT2D eigenvalue weighted by Gasteiger charge is -2.33. The fourth-order valence-electron chi connectivity index (χ4n) is 3.36. The maximum Gasteiger partial charge on any atom is 0.191 e. The Morgan fingerprint density at radius 3 is 2.57 bits per heavy atom. The highest BCUT2D eigenvalue weighted by atomic mass is 16.5. The summed E-state index contributed by atoms with van der Waals surface area (Å²) in [5.41, 5.74) is 0.838. The highest BCUT2D eigenvalue weighted by Gasteiger charge is 2.19. The van der Waals surface area contributed by atoms with Gasteiger partial charge in [0.15, 0.2) is 5.96 Å². The minimum absolute atomic E-state index is 0.317. The normalized spacial score (nSPS) is 17.4. The Hall–Kier alpha value is -1.83. The predicted octanol–water partition coefficient (Wildman–Crippen LogP) is 1.78. The standard InChI is InChI=1S/C21H36N4O3/c1-4-22-21(23-16-20(26)17-6-8-19(28-3)9-7-17)24-18-10-13-25(14-11-18)12-5-15-27-2/h6-9,18,20,26H,4-5,10-16H2,1-3H3,(H2,22,23,24). The molecule has 1 aromatic carbocycles. The molecule has 0 radical (unpaired) electrons. The average molecular weight is 393 g/mol. The van der Waals surface area contributed by atoms with E-state index < -0.39 is 6.10 Å². The van der Waals surface area contributed by atoms with Crippen LogP contribution in [0, 0.1) is 0 Å². The number of methoxy groups -OCH3 is 2.